The van der Waals surface area contributed by atoms with Crippen molar-refractivity contribution in [1.82, 2.24) is 10.2 Å². The second-order valence-electron chi connectivity index (χ2n) is 5.83. The first-order chi connectivity index (χ1) is 9.16. The third kappa shape index (κ3) is 4.29. The molecule has 1 aromatic carbocycles. The normalized spacial score (nSPS) is 20.2. The molecule has 1 saturated heterocycles. The molecule has 0 aromatic heterocycles. The van der Waals surface area contributed by atoms with Gasteiger partial charge in [-0.05, 0) is 51.8 Å². The van der Waals surface area contributed by atoms with Gasteiger partial charge in [0.2, 0.25) is 0 Å². The van der Waals surface area contributed by atoms with Crippen molar-refractivity contribution >= 4 is 0 Å². The zero-order valence-electron chi connectivity index (χ0n) is 12.0. The van der Waals surface area contributed by atoms with Gasteiger partial charge in [-0.2, -0.15) is 0 Å². The second-order valence-corrected chi connectivity index (χ2v) is 5.83. The molecule has 1 aliphatic rings. The smallest absolute Gasteiger partial charge is 0.127 e. The van der Waals surface area contributed by atoms with Crippen molar-refractivity contribution in [3.05, 3.63) is 35.6 Å². The lowest BCUT2D eigenvalue weighted by molar-refractivity contribution is 0.162. The van der Waals surface area contributed by atoms with Crippen molar-refractivity contribution in [2.75, 3.05) is 19.6 Å². The lowest BCUT2D eigenvalue weighted by Crippen LogP contribution is -2.40. The number of nitrogens with zero attached hydrogens (tertiary/aromatic N) is 1. The lowest BCUT2D eigenvalue weighted by Gasteiger charge is -2.32. The Morgan fingerprint density at radius 1 is 1.37 bits per heavy atom. The van der Waals surface area contributed by atoms with Gasteiger partial charge in [0, 0.05) is 24.7 Å². The maximum atomic E-state index is 13.8. The fourth-order valence-electron chi connectivity index (χ4n) is 2.71. The number of hydrogen-bond donors (Lipinski definition) is 1. The molecule has 2 rings (SSSR count). The third-order valence-electron chi connectivity index (χ3n) is 3.95. The van der Waals surface area contributed by atoms with Crippen LogP contribution in [0.5, 0.6) is 0 Å². The van der Waals surface area contributed by atoms with E-state index < -0.39 is 0 Å². The molecule has 2 nitrogen and oxygen atoms in total. The van der Waals surface area contributed by atoms with Crippen molar-refractivity contribution in [3.8, 4) is 0 Å². The van der Waals surface area contributed by atoms with Gasteiger partial charge in [-0.15, -0.1) is 0 Å². The van der Waals surface area contributed by atoms with Gasteiger partial charge in [0.15, 0.2) is 0 Å². The summed E-state index contributed by atoms with van der Waals surface area (Å²) in [5.41, 5.74) is 0.806. The molecule has 0 bridgehead atoms. The fraction of sp³-hybridized carbons (Fsp3) is 0.625. The Morgan fingerprint density at radius 2 is 2.16 bits per heavy atom. The molecule has 1 N–H and O–H groups in total. The van der Waals surface area contributed by atoms with Crippen LogP contribution in [0.15, 0.2) is 24.3 Å². The highest BCUT2D eigenvalue weighted by atomic mass is 19.1. The Kier molecular flexibility index (Phi) is 5.34. The molecule has 1 heterocycles. The minimum atomic E-state index is -0.0880. The highest BCUT2D eigenvalue weighted by Gasteiger charge is 2.19. The van der Waals surface area contributed by atoms with E-state index >= 15 is 0 Å². The molecule has 0 radical (unpaired) electrons. The monoisotopic (exact) mass is 264 g/mol. The van der Waals surface area contributed by atoms with Gasteiger partial charge in [-0.3, -0.25) is 4.90 Å². The van der Waals surface area contributed by atoms with Crippen molar-refractivity contribution in [2.45, 2.75) is 39.3 Å². The molecule has 1 aromatic rings. The molecule has 106 valence electrons. The fourth-order valence-corrected chi connectivity index (χ4v) is 2.71. The molecule has 19 heavy (non-hydrogen) atoms. The number of rotatable bonds is 5. The van der Waals surface area contributed by atoms with E-state index in [2.05, 4.69) is 24.1 Å². The summed E-state index contributed by atoms with van der Waals surface area (Å²) in [6.45, 7) is 8.39. The van der Waals surface area contributed by atoms with Crippen molar-refractivity contribution in [2.24, 2.45) is 5.92 Å². The molecular weight excluding hydrogens is 239 g/mol. The Hall–Kier alpha value is -0.930. The molecule has 1 aliphatic heterocycles. The van der Waals surface area contributed by atoms with Crippen LogP contribution < -0.4 is 5.32 Å². The molecule has 1 unspecified atom stereocenters. The van der Waals surface area contributed by atoms with Crippen LogP contribution in [0.4, 0.5) is 4.39 Å². The molecule has 0 amide bonds. The Bertz CT molecular complexity index is 386. The van der Waals surface area contributed by atoms with Crippen LogP contribution >= 0.6 is 0 Å². The highest BCUT2D eigenvalue weighted by molar-refractivity contribution is 5.17. The lowest BCUT2D eigenvalue weighted by atomic mass is 9.98. The van der Waals surface area contributed by atoms with E-state index in [0.717, 1.165) is 25.2 Å². The van der Waals surface area contributed by atoms with E-state index in [-0.39, 0.29) is 5.82 Å². The topological polar surface area (TPSA) is 15.3 Å². The summed E-state index contributed by atoms with van der Waals surface area (Å²) in [5.74, 6) is 0.609. The van der Waals surface area contributed by atoms with Gasteiger partial charge in [0.1, 0.15) is 5.82 Å². The number of piperidine rings is 1. The maximum Gasteiger partial charge on any atom is 0.127 e. The minimum absolute atomic E-state index is 0.0880. The Labute approximate surface area is 116 Å². The van der Waals surface area contributed by atoms with Gasteiger partial charge in [-0.1, -0.05) is 18.2 Å². The molecule has 0 saturated carbocycles. The van der Waals surface area contributed by atoms with Crippen molar-refractivity contribution in [3.63, 3.8) is 0 Å². The summed E-state index contributed by atoms with van der Waals surface area (Å²) < 4.78 is 13.8. The largest absolute Gasteiger partial charge is 0.316 e. The number of hydrogen-bond acceptors (Lipinski definition) is 2. The van der Waals surface area contributed by atoms with Crippen LogP contribution in [0.2, 0.25) is 0 Å². The number of halogens is 1. The predicted octanol–water partition coefficient (Wildman–Crippen LogP) is 3.04. The predicted molar refractivity (Wildman–Crippen MR) is 77.5 cm³/mol. The zero-order valence-corrected chi connectivity index (χ0v) is 12.0. The quantitative estimate of drug-likeness (QED) is 0.879. The van der Waals surface area contributed by atoms with E-state index in [4.69, 9.17) is 0 Å². The zero-order chi connectivity index (χ0) is 13.7. The number of benzene rings is 1. The van der Waals surface area contributed by atoms with E-state index in [0.29, 0.717) is 18.5 Å². The SMILES string of the molecule is CC(C)N(Cc1ccccc1F)CC1CCCNC1. The summed E-state index contributed by atoms with van der Waals surface area (Å²) in [6.07, 6.45) is 2.55. The second kappa shape index (κ2) is 7.01. The first-order valence-electron chi connectivity index (χ1n) is 7.35. The van der Waals surface area contributed by atoms with Crippen LogP contribution in [0.1, 0.15) is 32.3 Å². The van der Waals surface area contributed by atoms with Gasteiger partial charge in [-0.25, -0.2) is 4.39 Å². The van der Waals surface area contributed by atoms with Gasteiger partial charge < -0.3 is 5.32 Å². The van der Waals surface area contributed by atoms with Crippen LogP contribution in [0.3, 0.4) is 0 Å². The van der Waals surface area contributed by atoms with E-state index in [1.165, 1.54) is 12.8 Å². The van der Waals surface area contributed by atoms with E-state index in [9.17, 15) is 4.39 Å². The average molecular weight is 264 g/mol. The summed E-state index contributed by atoms with van der Waals surface area (Å²) >= 11 is 0. The summed E-state index contributed by atoms with van der Waals surface area (Å²) in [6, 6.07) is 7.56. The highest BCUT2D eigenvalue weighted by Crippen LogP contribution is 2.17. The van der Waals surface area contributed by atoms with Crippen LogP contribution in [-0.4, -0.2) is 30.6 Å². The van der Waals surface area contributed by atoms with Crippen molar-refractivity contribution in [1.29, 1.82) is 0 Å². The van der Waals surface area contributed by atoms with Crippen LogP contribution in [0, 0.1) is 11.7 Å². The molecule has 0 spiro atoms. The summed E-state index contributed by atoms with van der Waals surface area (Å²) in [4.78, 5) is 2.38. The number of nitrogens with one attached hydrogen (secondary N) is 1. The molecule has 3 heteroatoms. The van der Waals surface area contributed by atoms with Crippen LogP contribution in [-0.2, 0) is 6.54 Å². The van der Waals surface area contributed by atoms with Gasteiger partial charge >= 0.3 is 0 Å². The molecule has 0 aliphatic carbocycles. The molecular formula is C16H25FN2. The molecule has 1 fully saturated rings. The Morgan fingerprint density at radius 3 is 2.79 bits per heavy atom. The van der Waals surface area contributed by atoms with Gasteiger partial charge in [0.05, 0.1) is 0 Å². The van der Waals surface area contributed by atoms with Crippen LogP contribution in [0.25, 0.3) is 0 Å². The summed E-state index contributed by atoms with van der Waals surface area (Å²) in [7, 11) is 0. The van der Waals surface area contributed by atoms with E-state index in [1.807, 2.05) is 12.1 Å². The molecule has 1 atom stereocenters. The average Bonchev–Trinajstić information content (AvgIpc) is 2.41. The first-order valence-corrected chi connectivity index (χ1v) is 7.35. The third-order valence-corrected chi connectivity index (χ3v) is 3.95. The van der Waals surface area contributed by atoms with Crippen molar-refractivity contribution < 1.29 is 4.39 Å². The van der Waals surface area contributed by atoms with Gasteiger partial charge in [0.25, 0.3) is 0 Å². The Balaban J connectivity index is 1.97. The maximum absolute atomic E-state index is 13.8. The van der Waals surface area contributed by atoms with E-state index in [1.54, 1.807) is 12.1 Å². The summed E-state index contributed by atoms with van der Waals surface area (Å²) in [5, 5.41) is 3.45. The standard InChI is InChI=1S/C16H25FN2/c1-13(2)19(11-14-6-5-9-18-10-14)12-15-7-3-4-8-16(15)17/h3-4,7-8,13-14,18H,5-6,9-12H2,1-2H3. The first kappa shape index (κ1) is 14.5. The minimum Gasteiger partial charge on any atom is -0.316 e.